The van der Waals surface area contributed by atoms with Crippen LogP contribution in [-0.2, 0) is 11.8 Å². The normalized spacial score (nSPS) is 15.4. The van der Waals surface area contributed by atoms with Crippen LogP contribution in [0, 0.1) is 5.92 Å². The summed E-state index contributed by atoms with van der Waals surface area (Å²) in [5, 5.41) is 2.97. The molecule has 1 aliphatic rings. The van der Waals surface area contributed by atoms with Crippen molar-refractivity contribution in [1.82, 2.24) is 4.57 Å². The Balaban J connectivity index is 1.62. The van der Waals surface area contributed by atoms with Gasteiger partial charge in [-0.3, -0.25) is 9.36 Å². The molecule has 1 aromatic heterocycles. The summed E-state index contributed by atoms with van der Waals surface area (Å²) in [5.41, 5.74) is 2.87. The highest BCUT2D eigenvalue weighted by Crippen LogP contribution is 2.43. The standard InChI is InChI=1S/C19H18N2O3/c1-21-15-10-9-14(11-16(15)24-19(21)23)20-18(22)17(13-7-8-13)12-5-3-2-4-6-12/h2-6,9-11,13,17H,7-8H2,1H3,(H,20,22). The Morgan fingerprint density at radius 1 is 1.21 bits per heavy atom. The van der Waals surface area contributed by atoms with E-state index < -0.39 is 5.76 Å². The van der Waals surface area contributed by atoms with Crippen molar-refractivity contribution in [3.8, 4) is 0 Å². The Morgan fingerprint density at radius 2 is 1.96 bits per heavy atom. The molecule has 122 valence electrons. The van der Waals surface area contributed by atoms with Crippen LogP contribution in [0.3, 0.4) is 0 Å². The van der Waals surface area contributed by atoms with Gasteiger partial charge in [-0.25, -0.2) is 4.79 Å². The maximum atomic E-state index is 12.8. The van der Waals surface area contributed by atoms with Crippen LogP contribution in [0.25, 0.3) is 11.1 Å². The van der Waals surface area contributed by atoms with Gasteiger partial charge in [0.25, 0.3) is 0 Å². The molecule has 0 radical (unpaired) electrons. The van der Waals surface area contributed by atoms with E-state index >= 15 is 0 Å². The highest BCUT2D eigenvalue weighted by Gasteiger charge is 2.37. The summed E-state index contributed by atoms with van der Waals surface area (Å²) in [6, 6.07) is 15.2. The molecule has 2 aromatic carbocycles. The summed E-state index contributed by atoms with van der Waals surface area (Å²) in [6.45, 7) is 0. The summed E-state index contributed by atoms with van der Waals surface area (Å²) in [4.78, 5) is 24.4. The molecule has 3 aromatic rings. The number of rotatable bonds is 4. The van der Waals surface area contributed by atoms with Gasteiger partial charge in [-0.2, -0.15) is 0 Å². The van der Waals surface area contributed by atoms with Gasteiger partial charge in [0.2, 0.25) is 5.91 Å². The van der Waals surface area contributed by atoms with E-state index in [1.54, 1.807) is 25.2 Å². The molecular formula is C19H18N2O3. The topological polar surface area (TPSA) is 64.2 Å². The molecular weight excluding hydrogens is 304 g/mol. The third kappa shape index (κ3) is 2.62. The first-order valence-corrected chi connectivity index (χ1v) is 8.09. The van der Waals surface area contributed by atoms with Crippen molar-refractivity contribution in [2.45, 2.75) is 18.8 Å². The number of carbonyl (C=O) groups is 1. The minimum atomic E-state index is -0.409. The molecule has 5 heteroatoms. The molecule has 1 saturated carbocycles. The van der Waals surface area contributed by atoms with Crippen LogP contribution in [0.4, 0.5) is 5.69 Å². The number of amides is 1. The largest absolute Gasteiger partial charge is 0.419 e. The molecule has 1 atom stereocenters. The van der Waals surface area contributed by atoms with Gasteiger partial charge in [-0.15, -0.1) is 0 Å². The first-order chi connectivity index (χ1) is 11.6. The van der Waals surface area contributed by atoms with E-state index in [-0.39, 0.29) is 11.8 Å². The summed E-state index contributed by atoms with van der Waals surface area (Å²) in [7, 11) is 1.66. The van der Waals surface area contributed by atoms with Gasteiger partial charge in [0.15, 0.2) is 5.58 Å². The smallest absolute Gasteiger partial charge is 0.408 e. The molecule has 4 rings (SSSR count). The average molecular weight is 322 g/mol. The third-order valence-electron chi connectivity index (χ3n) is 4.59. The first kappa shape index (κ1) is 14.8. The monoisotopic (exact) mass is 322 g/mol. The van der Waals surface area contributed by atoms with Gasteiger partial charge >= 0.3 is 5.76 Å². The Hall–Kier alpha value is -2.82. The fourth-order valence-electron chi connectivity index (χ4n) is 3.16. The summed E-state index contributed by atoms with van der Waals surface area (Å²) < 4.78 is 6.62. The highest BCUT2D eigenvalue weighted by atomic mass is 16.4. The lowest BCUT2D eigenvalue weighted by atomic mass is 9.93. The second-order valence-corrected chi connectivity index (χ2v) is 6.32. The second kappa shape index (κ2) is 5.67. The van der Waals surface area contributed by atoms with Gasteiger partial charge < -0.3 is 9.73 Å². The quantitative estimate of drug-likeness (QED) is 0.802. The number of anilines is 1. The Kier molecular flexibility index (Phi) is 3.49. The van der Waals surface area contributed by atoms with Crippen molar-refractivity contribution in [1.29, 1.82) is 0 Å². The lowest BCUT2D eigenvalue weighted by Crippen LogP contribution is -2.22. The Morgan fingerprint density at radius 3 is 2.67 bits per heavy atom. The minimum absolute atomic E-state index is 0.0127. The van der Waals surface area contributed by atoms with Gasteiger partial charge in [-0.05, 0) is 36.5 Å². The van der Waals surface area contributed by atoms with Crippen LogP contribution in [0.15, 0.2) is 57.7 Å². The lowest BCUT2D eigenvalue weighted by Gasteiger charge is -2.16. The Bertz CT molecular complexity index is 952. The molecule has 1 N–H and O–H groups in total. The lowest BCUT2D eigenvalue weighted by molar-refractivity contribution is -0.118. The zero-order chi connectivity index (χ0) is 16.7. The molecule has 24 heavy (non-hydrogen) atoms. The number of benzene rings is 2. The van der Waals surface area contributed by atoms with E-state index in [4.69, 9.17) is 4.42 Å². The van der Waals surface area contributed by atoms with Crippen LogP contribution in [0.2, 0.25) is 0 Å². The van der Waals surface area contributed by atoms with Crippen LogP contribution >= 0.6 is 0 Å². The summed E-state index contributed by atoms with van der Waals surface area (Å²) in [5.74, 6) is -0.148. The molecule has 0 bridgehead atoms. The van der Waals surface area contributed by atoms with E-state index in [1.807, 2.05) is 30.3 Å². The number of nitrogens with one attached hydrogen (secondary N) is 1. The number of aromatic nitrogens is 1. The molecule has 5 nitrogen and oxygen atoms in total. The number of hydrogen-bond acceptors (Lipinski definition) is 3. The number of nitrogens with zero attached hydrogens (tertiary/aromatic N) is 1. The molecule has 1 heterocycles. The zero-order valence-corrected chi connectivity index (χ0v) is 13.4. The van der Waals surface area contributed by atoms with Crippen molar-refractivity contribution >= 4 is 22.7 Å². The first-order valence-electron chi connectivity index (χ1n) is 8.09. The van der Waals surface area contributed by atoms with Crippen LogP contribution in [0.1, 0.15) is 24.3 Å². The third-order valence-corrected chi connectivity index (χ3v) is 4.59. The van der Waals surface area contributed by atoms with Crippen molar-refractivity contribution in [2.24, 2.45) is 13.0 Å². The number of oxazole rings is 1. The van der Waals surface area contributed by atoms with Gasteiger partial charge in [0.1, 0.15) is 0 Å². The number of fused-ring (bicyclic) bond motifs is 1. The molecule has 1 unspecified atom stereocenters. The predicted octanol–water partition coefficient (Wildman–Crippen LogP) is 3.26. The fourth-order valence-corrected chi connectivity index (χ4v) is 3.16. The molecule has 1 amide bonds. The van der Waals surface area contributed by atoms with Gasteiger partial charge in [-0.1, -0.05) is 30.3 Å². The van der Waals surface area contributed by atoms with Gasteiger partial charge in [0, 0.05) is 18.8 Å². The Labute approximate surface area is 138 Å². The number of carbonyl (C=O) groups excluding carboxylic acids is 1. The minimum Gasteiger partial charge on any atom is -0.408 e. The maximum absolute atomic E-state index is 12.8. The van der Waals surface area contributed by atoms with Crippen LogP contribution < -0.4 is 11.1 Å². The summed E-state index contributed by atoms with van der Waals surface area (Å²) >= 11 is 0. The molecule has 1 aliphatic carbocycles. The zero-order valence-electron chi connectivity index (χ0n) is 13.4. The van der Waals surface area contributed by atoms with E-state index in [9.17, 15) is 9.59 Å². The van der Waals surface area contributed by atoms with Crippen molar-refractivity contribution in [3.63, 3.8) is 0 Å². The second-order valence-electron chi connectivity index (χ2n) is 6.32. The van der Waals surface area contributed by atoms with E-state index in [0.29, 0.717) is 22.7 Å². The highest BCUT2D eigenvalue weighted by molar-refractivity contribution is 5.97. The molecule has 0 spiro atoms. The van der Waals surface area contributed by atoms with Crippen molar-refractivity contribution in [3.05, 3.63) is 64.6 Å². The van der Waals surface area contributed by atoms with E-state index in [1.165, 1.54) is 4.57 Å². The molecule has 0 saturated heterocycles. The molecule has 1 fully saturated rings. The van der Waals surface area contributed by atoms with Crippen LogP contribution in [0.5, 0.6) is 0 Å². The van der Waals surface area contributed by atoms with Crippen molar-refractivity contribution < 1.29 is 9.21 Å². The van der Waals surface area contributed by atoms with Crippen molar-refractivity contribution in [2.75, 3.05) is 5.32 Å². The SMILES string of the molecule is Cn1c(=O)oc2cc(NC(=O)C(c3ccccc3)C3CC3)ccc21. The van der Waals surface area contributed by atoms with Crippen LogP contribution in [-0.4, -0.2) is 10.5 Å². The maximum Gasteiger partial charge on any atom is 0.419 e. The van der Waals surface area contributed by atoms with E-state index in [2.05, 4.69) is 5.32 Å². The fraction of sp³-hybridized carbons (Fsp3) is 0.263. The summed E-state index contributed by atoms with van der Waals surface area (Å²) in [6.07, 6.45) is 2.17. The number of hydrogen-bond donors (Lipinski definition) is 1. The predicted molar refractivity (Wildman–Crippen MR) is 92.0 cm³/mol. The molecule has 0 aliphatic heterocycles. The van der Waals surface area contributed by atoms with E-state index in [0.717, 1.165) is 18.4 Å². The van der Waals surface area contributed by atoms with Gasteiger partial charge in [0.05, 0.1) is 11.4 Å². The average Bonchev–Trinajstić information content (AvgIpc) is 3.36. The number of aryl methyl sites for hydroxylation is 1.